The van der Waals surface area contributed by atoms with Crippen molar-refractivity contribution in [3.63, 3.8) is 0 Å². The lowest BCUT2D eigenvalue weighted by Gasteiger charge is -2.10. The van der Waals surface area contributed by atoms with Gasteiger partial charge in [0.2, 0.25) is 0 Å². The Morgan fingerprint density at radius 1 is 1.47 bits per heavy atom. The van der Waals surface area contributed by atoms with Crippen LogP contribution in [0, 0.1) is 11.7 Å². The number of rotatable bonds is 7. The summed E-state index contributed by atoms with van der Waals surface area (Å²) >= 11 is 0. The van der Waals surface area contributed by atoms with E-state index in [1.165, 1.54) is 18.2 Å². The minimum atomic E-state index is -0.393. The lowest BCUT2D eigenvalue weighted by Crippen LogP contribution is -2.13. The van der Waals surface area contributed by atoms with Crippen LogP contribution in [0.3, 0.4) is 0 Å². The van der Waals surface area contributed by atoms with Crippen LogP contribution in [0.1, 0.15) is 37.0 Å². The van der Waals surface area contributed by atoms with Gasteiger partial charge in [-0.25, -0.2) is 4.39 Å². The number of hydrogen-bond donors (Lipinski definition) is 0. The summed E-state index contributed by atoms with van der Waals surface area (Å²) in [5.74, 6) is -0.108. The van der Waals surface area contributed by atoms with Crippen molar-refractivity contribution in [3.8, 4) is 0 Å². The minimum Gasteiger partial charge on any atom is -0.373 e. The molecule has 17 heavy (non-hydrogen) atoms. The van der Waals surface area contributed by atoms with Gasteiger partial charge in [-0.1, -0.05) is 32.4 Å². The second-order valence-electron chi connectivity index (χ2n) is 4.34. The first-order valence-electron chi connectivity index (χ1n) is 6.00. The summed E-state index contributed by atoms with van der Waals surface area (Å²) in [6.45, 7) is 4.82. The van der Waals surface area contributed by atoms with E-state index in [2.05, 4.69) is 13.8 Å². The summed E-state index contributed by atoms with van der Waals surface area (Å²) in [5, 5.41) is 0. The molecule has 94 valence electrons. The van der Waals surface area contributed by atoms with Crippen LogP contribution >= 0.6 is 0 Å². The minimum absolute atomic E-state index is 0.0253. The summed E-state index contributed by atoms with van der Waals surface area (Å²) in [7, 11) is 0. The fraction of sp³-hybridized carbons (Fsp3) is 0.500. The first kappa shape index (κ1) is 13.8. The van der Waals surface area contributed by atoms with Crippen LogP contribution < -0.4 is 0 Å². The Balaban J connectivity index is 2.35. The van der Waals surface area contributed by atoms with Crippen LogP contribution in [0.15, 0.2) is 24.3 Å². The van der Waals surface area contributed by atoms with Crippen LogP contribution in [0.25, 0.3) is 0 Å². The number of Topliss-reactive ketones (excluding diaryl/α,β-unsaturated/α-hetero) is 1. The van der Waals surface area contributed by atoms with E-state index in [0.29, 0.717) is 18.1 Å². The van der Waals surface area contributed by atoms with Gasteiger partial charge in [-0.05, 0) is 24.5 Å². The monoisotopic (exact) mass is 238 g/mol. The molecule has 2 nitrogen and oxygen atoms in total. The van der Waals surface area contributed by atoms with Gasteiger partial charge in [0.25, 0.3) is 0 Å². The van der Waals surface area contributed by atoms with Gasteiger partial charge in [-0.2, -0.15) is 0 Å². The molecule has 0 saturated carbocycles. The van der Waals surface area contributed by atoms with Gasteiger partial charge in [0, 0.05) is 12.2 Å². The Kier molecular flexibility index (Phi) is 5.84. The average molecular weight is 238 g/mol. The molecule has 0 aliphatic heterocycles. The maximum Gasteiger partial charge on any atom is 0.188 e. The molecular weight excluding hydrogens is 219 g/mol. The van der Waals surface area contributed by atoms with Crippen molar-refractivity contribution >= 4 is 5.78 Å². The average Bonchev–Trinajstić information content (AvgIpc) is 2.29. The highest BCUT2D eigenvalue weighted by molar-refractivity contribution is 5.97. The predicted molar refractivity (Wildman–Crippen MR) is 65.6 cm³/mol. The summed E-state index contributed by atoms with van der Waals surface area (Å²) in [4.78, 5) is 11.6. The van der Waals surface area contributed by atoms with Gasteiger partial charge in [-0.15, -0.1) is 0 Å². The molecule has 0 heterocycles. The van der Waals surface area contributed by atoms with Gasteiger partial charge in [0.15, 0.2) is 5.78 Å². The summed E-state index contributed by atoms with van der Waals surface area (Å²) < 4.78 is 18.2. The van der Waals surface area contributed by atoms with E-state index in [0.717, 1.165) is 12.8 Å². The van der Waals surface area contributed by atoms with Crippen LogP contribution in [0.5, 0.6) is 0 Å². The zero-order valence-corrected chi connectivity index (χ0v) is 10.4. The molecule has 1 aromatic carbocycles. The number of benzene rings is 1. The molecule has 0 radical (unpaired) electrons. The van der Waals surface area contributed by atoms with E-state index in [1.54, 1.807) is 6.07 Å². The Hall–Kier alpha value is -1.22. The van der Waals surface area contributed by atoms with Gasteiger partial charge in [0.1, 0.15) is 12.4 Å². The van der Waals surface area contributed by atoms with Crippen molar-refractivity contribution in [2.75, 3.05) is 13.2 Å². The van der Waals surface area contributed by atoms with E-state index >= 15 is 0 Å². The summed E-state index contributed by atoms with van der Waals surface area (Å²) in [6, 6.07) is 5.69. The third-order valence-corrected chi connectivity index (χ3v) is 2.56. The van der Waals surface area contributed by atoms with E-state index in [4.69, 9.17) is 4.74 Å². The summed E-state index contributed by atoms with van der Waals surface area (Å²) in [6.07, 6.45) is 2.20. The van der Waals surface area contributed by atoms with Crippen molar-refractivity contribution in [2.45, 2.75) is 26.7 Å². The van der Waals surface area contributed by atoms with Gasteiger partial charge >= 0.3 is 0 Å². The Morgan fingerprint density at radius 3 is 2.88 bits per heavy atom. The molecule has 1 aromatic rings. The smallest absolute Gasteiger partial charge is 0.188 e. The van der Waals surface area contributed by atoms with Crippen molar-refractivity contribution < 1.29 is 13.9 Å². The van der Waals surface area contributed by atoms with Crippen molar-refractivity contribution in [3.05, 3.63) is 35.6 Å². The van der Waals surface area contributed by atoms with E-state index in [-0.39, 0.29) is 12.4 Å². The van der Waals surface area contributed by atoms with Gasteiger partial charge in [0.05, 0.1) is 0 Å². The van der Waals surface area contributed by atoms with E-state index < -0.39 is 5.82 Å². The van der Waals surface area contributed by atoms with Crippen molar-refractivity contribution in [2.24, 2.45) is 5.92 Å². The highest BCUT2D eigenvalue weighted by Crippen LogP contribution is 2.07. The Bertz CT molecular complexity index is 363. The first-order valence-corrected chi connectivity index (χ1v) is 6.00. The molecule has 1 unspecified atom stereocenters. The maximum absolute atomic E-state index is 12.9. The van der Waals surface area contributed by atoms with E-state index in [9.17, 15) is 9.18 Å². The van der Waals surface area contributed by atoms with Crippen LogP contribution in [0.4, 0.5) is 4.39 Å². The molecule has 0 amide bonds. The number of hydrogen-bond acceptors (Lipinski definition) is 2. The molecule has 0 aromatic heterocycles. The zero-order valence-electron chi connectivity index (χ0n) is 10.4. The Labute approximate surface area is 102 Å². The van der Waals surface area contributed by atoms with Gasteiger partial charge in [-0.3, -0.25) is 4.79 Å². The first-order chi connectivity index (χ1) is 8.13. The molecule has 0 fully saturated rings. The largest absolute Gasteiger partial charge is 0.373 e. The number of carbonyl (C=O) groups excluding carboxylic acids is 1. The molecule has 0 aliphatic carbocycles. The predicted octanol–water partition coefficient (Wildman–Crippen LogP) is 3.46. The molecule has 0 spiro atoms. The molecule has 0 aliphatic rings. The molecular formula is C14H19FO2. The molecule has 3 heteroatoms. The molecule has 0 bridgehead atoms. The topological polar surface area (TPSA) is 26.3 Å². The normalized spacial score (nSPS) is 12.4. The molecule has 1 atom stereocenters. The lowest BCUT2D eigenvalue weighted by molar-refractivity contribution is 0.0683. The third kappa shape index (κ3) is 5.09. The molecule has 1 rings (SSSR count). The maximum atomic E-state index is 12.9. The van der Waals surface area contributed by atoms with Crippen LogP contribution in [-0.2, 0) is 4.74 Å². The molecule has 0 N–H and O–H groups in total. The van der Waals surface area contributed by atoms with Crippen LogP contribution in [0.2, 0.25) is 0 Å². The van der Waals surface area contributed by atoms with Crippen LogP contribution in [-0.4, -0.2) is 19.0 Å². The summed E-state index contributed by atoms with van der Waals surface area (Å²) in [5.41, 5.74) is 0.369. The third-order valence-electron chi connectivity index (χ3n) is 2.56. The van der Waals surface area contributed by atoms with Crippen molar-refractivity contribution in [1.82, 2.24) is 0 Å². The highest BCUT2D eigenvalue weighted by atomic mass is 19.1. The fourth-order valence-electron chi connectivity index (χ4n) is 1.67. The quantitative estimate of drug-likeness (QED) is 0.680. The number of ketones is 1. The Morgan fingerprint density at radius 2 is 2.24 bits per heavy atom. The molecule has 0 saturated heterocycles. The fourth-order valence-corrected chi connectivity index (χ4v) is 1.67. The van der Waals surface area contributed by atoms with Gasteiger partial charge < -0.3 is 4.74 Å². The lowest BCUT2D eigenvalue weighted by atomic mass is 10.1. The van der Waals surface area contributed by atoms with Crippen molar-refractivity contribution in [1.29, 1.82) is 0 Å². The number of halogens is 1. The second-order valence-corrected chi connectivity index (χ2v) is 4.34. The van der Waals surface area contributed by atoms with E-state index in [1.807, 2.05) is 0 Å². The number of ether oxygens (including phenoxy) is 1. The standard InChI is InChI=1S/C14H19FO2/c1-3-5-11(2)9-17-10-14(16)12-6-4-7-13(15)8-12/h4,6-8,11H,3,5,9-10H2,1-2H3. The number of carbonyl (C=O) groups is 1. The highest BCUT2D eigenvalue weighted by Gasteiger charge is 2.08. The second kappa shape index (κ2) is 7.17. The SMILES string of the molecule is CCCC(C)COCC(=O)c1cccc(F)c1. The zero-order chi connectivity index (χ0) is 12.7.